The molecule has 2 rings (SSSR count). The van der Waals surface area contributed by atoms with Gasteiger partial charge in [-0.25, -0.2) is 9.82 Å². The number of nitrogens with zero attached hydrogens (tertiary/aromatic N) is 1. The minimum Gasteiger partial charge on any atom is -0.495 e. The molecule has 0 bridgehead atoms. The lowest BCUT2D eigenvalue weighted by atomic mass is 9.99. The maximum Gasteiger partial charge on any atom is 0.137 e. The fourth-order valence-corrected chi connectivity index (χ4v) is 1.88. The van der Waals surface area contributed by atoms with Gasteiger partial charge in [-0.05, 0) is 35.7 Å². The summed E-state index contributed by atoms with van der Waals surface area (Å²) in [5, 5.41) is 0. The molecular formula is C14H16FN3O. The van der Waals surface area contributed by atoms with Gasteiger partial charge in [-0.2, -0.15) is 0 Å². The zero-order chi connectivity index (χ0) is 13.8. The van der Waals surface area contributed by atoms with Gasteiger partial charge in [0.25, 0.3) is 0 Å². The minimum atomic E-state index is -0.335. The average molecular weight is 261 g/mol. The van der Waals surface area contributed by atoms with Gasteiger partial charge in [-0.15, -0.1) is 0 Å². The molecule has 1 atom stereocenters. The lowest BCUT2D eigenvalue weighted by Gasteiger charge is -2.17. The molecular weight excluding hydrogens is 245 g/mol. The van der Waals surface area contributed by atoms with E-state index < -0.39 is 0 Å². The first kappa shape index (κ1) is 13.5. The molecule has 0 spiro atoms. The first-order valence-electron chi connectivity index (χ1n) is 5.87. The Labute approximate surface area is 111 Å². The highest BCUT2D eigenvalue weighted by molar-refractivity contribution is 5.35. The molecule has 1 aromatic carbocycles. The number of hydrogen-bond acceptors (Lipinski definition) is 4. The van der Waals surface area contributed by atoms with E-state index in [0.29, 0.717) is 11.3 Å². The van der Waals surface area contributed by atoms with Crippen LogP contribution >= 0.6 is 0 Å². The highest BCUT2D eigenvalue weighted by Gasteiger charge is 2.14. The third-order valence-corrected chi connectivity index (χ3v) is 3.00. The van der Waals surface area contributed by atoms with E-state index in [1.54, 1.807) is 32.5 Å². The predicted octanol–water partition coefficient (Wildman–Crippen LogP) is 2.09. The number of rotatable bonds is 4. The number of hydrogen-bond donors (Lipinski definition) is 2. The summed E-state index contributed by atoms with van der Waals surface area (Å²) in [7, 11) is 1.57. The lowest BCUT2D eigenvalue weighted by molar-refractivity contribution is 0.411. The van der Waals surface area contributed by atoms with Crippen molar-refractivity contribution >= 4 is 0 Å². The third kappa shape index (κ3) is 2.89. The number of ether oxygens (including phenoxy) is 1. The SMILES string of the molecule is COc1cncc(C(NN)c2ccc(C)c(F)c2)c1. The van der Waals surface area contributed by atoms with Crippen LogP contribution in [0.5, 0.6) is 5.75 Å². The zero-order valence-electron chi connectivity index (χ0n) is 10.9. The molecule has 4 nitrogen and oxygen atoms in total. The average Bonchev–Trinajstić information content (AvgIpc) is 2.44. The van der Waals surface area contributed by atoms with E-state index in [2.05, 4.69) is 10.4 Å². The van der Waals surface area contributed by atoms with Gasteiger partial charge >= 0.3 is 0 Å². The van der Waals surface area contributed by atoms with Gasteiger partial charge in [0.15, 0.2) is 0 Å². The molecule has 1 unspecified atom stereocenters. The van der Waals surface area contributed by atoms with Crippen LogP contribution < -0.4 is 16.0 Å². The summed E-state index contributed by atoms with van der Waals surface area (Å²) in [4.78, 5) is 4.08. The Kier molecular flexibility index (Phi) is 4.09. The van der Waals surface area contributed by atoms with Gasteiger partial charge in [0.2, 0.25) is 0 Å². The van der Waals surface area contributed by atoms with E-state index in [1.165, 1.54) is 6.07 Å². The smallest absolute Gasteiger partial charge is 0.137 e. The summed E-state index contributed by atoms with van der Waals surface area (Å²) in [5.41, 5.74) is 4.82. The molecule has 19 heavy (non-hydrogen) atoms. The van der Waals surface area contributed by atoms with E-state index in [-0.39, 0.29) is 11.9 Å². The van der Waals surface area contributed by atoms with Crippen molar-refractivity contribution in [3.8, 4) is 5.75 Å². The monoisotopic (exact) mass is 261 g/mol. The summed E-state index contributed by atoms with van der Waals surface area (Å²) < 4.78 is 18.8. The molecule has 100 valence electrons. The van der Waals surface area contributed by atoms with Gasteiger partial charge in [-0.1, -0.05) is 12.1 Å². The van der Waals surface area contributed by atoms with E-state index in [0.717, 1.165) is 11.1 Å². The minimum absolute atomic E-state index is 0.256. The first-order valence-corrected chi connectivity index (χ1v) is 5.87. The van der Waals surface area contributed by atoms with Gasteiger partial charge in [0.1, 0.15) is 11.6 Å². The molecule has 0 saturated heterocycles. The Morgan fingerprint density at radius 3 is 2.68 bits per heavy atom. The Morgan fingerprint density at radius 2 is 2.05 bits per heavy atom. The number of nitrogens with one attached hydrogen (secondary N) is 1. The zero-order valence-corrected chi connectivity index (χ0v) is 10.9. The fraction of sp³-hybridized carbons (Fsp3) is 0.214. The molecule has 0 fully saturated rings. The molecule has 0 radical (unpaired) electrons. The van der Waals surface area contributed by atoms with Crippen molar-refractivity contribution in [1.82, 2.24) is 10.4 Å². The van der Waals surface area contributed by atoms with Crippen molar-refractivity contribution in [3.05, 3.63) is 59.2 Å². The summed E-state index contributed by atoms with van der Waals surface area (Å²) in [6.07, 6.45) is 3.28. The largest absolute Gasteiger partial charge is 0.495 e. The highest BCUT2D eigenvalue weighted by atomic mass is 19.1. The molecule has 5 heteroatoms. The number of halogens is 1. The lowest BCUT2D eigenvalue weighted by Crippen LogP contribution is -2.29. The Hall–Kier alpha value is -1.98. The number of methoxy groups -OCH3 is 1. The van der Waals surface area contributed by atoms with E-state index in [9.17, 15) is 4.39 Å². The normalized spacial score (nSPS) is 12.2. The first-order chi connectivity index (χ1) is 9.15. The van der Waals surface area contributed by atoms with Gasteiger partial charge in [0, 0.05) is 6.20 Å². The number of benzene rings is 1. The molecule has 0 aliphatic rings. The van der Waals surface area contributed by atoms with Crippen LogP contribution in [0.25, 0.3) is 0 Å². The molecule has 3 N–H and O–H groups in total. The van der Waals surface area contributed by atoms with Crippen molar-refractivity contribution < 1.29 is 9.13 Å². The summed E-state index contributed by atoms with van der Waals surface area (Å²) >= 11 is 0. The van der Waals surface area contributed by atoms with Crippen LogP contribution in [0.2, 0.25) is 0 Å². The Morgan fingerprint density at radius 1 is 1.26 bits per heavy atom. The van der Waals surface area contributed by atoms with Crippen LogP contribution in [0.4, 0.5) is 4.39 Å². The second-order valence-corrected chi connectivity index (χ2v) is 4.27. The van der Waals surface area contributed by atoms with E-state index in [4.69, 9.17) is 10.6 Å². The van der Waals surface area contributed by atoms with Gasteiger partial charge < -0.3 is 4.74 Å². The van der Waals surface area contributed by atoms with Gasteiger partial charge in [0.05, 0.1) is 19.3 Å². The highest BCUT2D eigenvalue weighted by Crippen LogP contribution is 2.24. The maximum absolute atomic E-state index is 13.6. The number of nitrogens with two attached hydrogens (primary N) is 1. The Bertz CT molecular complexity index is 574. The van der Waals surface area contributed by atoms with Crippen LogP contribution in [-0.4, -0.2) is 12.1 Å². The Balaban J connectivity index is 2.40. The molecule has 2 aromatic rings. The molecule has 0 saturated carbocycles. The summed E-state index contributed by atoms with van der Waals surface area (Å²) in [6, 6.07) is 6.51. The summed E-state index contributed by atoms with van der Waals surface area (Å²) in [5.74, 6) is 5.95. The third-order valence-electron chi connectivity index (χ3n) is 3.00. The predicted molar refractivity (Wildman–Crippen MR) is 71.1 cm³/mol. The number of aromatic nitrogens is 1. The number of hydrazine groups is 1. The topological polar surface area (TPSA) is 60.2 Å². The van der Waals surface area contributed by atoms with Crippen molar-refractivity contribution in [2.24, 2.45) is 5.84 Å². The van der Waals surface area contributed by atoms with Crippen LogP contribution in [0, 0.1) is 12.7 Å². The standard InChI is InChI=1S/C14H16FN3O/c1-9-3-4-10(6-13(9)15)14(18-16)11-5-12(19-2)8-17-7-11/h3-8,14,18H,16H2,1-2H3. The molecule has 1 heterocycles. The quantitative estimate of drug-likeness (QED) is 0.653. The van der Waals surface area contributed by atoms with Gasteiger partial charge in [-0.3, -0.25) is 10.8 Å². The van der Waals surface area contributed by atoms with Crippen LogP contribution in [0.1, 0.15) is 22.7 Å². The molecule has 1 aromatic heterocycles. The molecule has 0 aliphatic heterocycles. The second kappa shape index (κ2) is 5.77. The van der Waals surface area contributed by atoms with Crippen molar-refractivity contribution in [2.45, 2.75) is 13.0 Å². The second-order valence-electron chi connectivity index (χ2n) is 4.27. The molecule has 0 aliphatic carbocycles. The van der Waals surface area contributed by atoms with Crippen molar-refractivity contribution in [2.75, 3.05) is 7.11 Å². The van der Waals surface area contributed by atoms with Crippen LogP contribution in [0.15, 0.2) is 36.7 Å². The van der Waals surface area contributed by atoms with E-state index >= 15 is 0 Å². The van der Waals surface area contributed by atoms with E-state index in [1.807, 2.05) is 12.1 Å². The summed E-state index contributed by atoms with van der Waals surface area (Å²) in [6.45, 7) is 1.72. The number of pyridine rings is 1. The van der Waals surface area contributed by atoms with Crippen molar-refractivity contribution in [3.63, 3.8) is 0 Å². The van der Waals surface area contributed by atoms with Crippen LogP contribution in [-0.2, 0) is 0 Å². The molecule has 0 amide bonds. The fourth-order valence-electron chi connectivity index (χ4n) is 1.88. The van der Waals surface area contributed by atoms with Crippen molar-refractivity contribution in [1.29, 1.82) is 0 Å². The van der Waals surface area contributed by atoms with Crippen LogP contribution in [0.3, 0.4) is 0 Å². The maximum atomic E-state index is 13.6. The number of aryl methyl sites for hydroxylation is 1.